The molecule has 0 saturated carbocycles. The Kier molecular flexibility index (Phi) is 7.05. The van der Waals surface area contributed by atoms with Gasteiger partial charge in [0.1, 0.15) is 5.78 Å². The lowest BCUT2D eigenvalue weighted by atomic mass is 9.85. The molecule has 4 rings (SSSR count). The summed E-state index contributed by atoms with van der Waals surface area (Å²) in [7, 11) is 1.67. The summed E-state index contributed by atoms with van der Waals surface area (Å²) < 4.78 is 0. The molecule has 0 saturated heterocycles. The van der Waals surface area contributed by atoms with Crippen LogP contribution in [0.1, 0.15) is 62.0 Å². The van der Waals surface area contributed by atoms with Gasteiger partial charge in [0.25, 0.3) is 0 Å². The van der Waals surface area contributed by atoms with Crippen molar-refractivity contribution in [3.05, 3.63) is 72.1 Å². The van der Waals surface area contributed by atoms with E-state index >= 15 is 0 Å². The van der Waals surface area contributed by atoms with E-state index in [1.165, 1.54) is 21.9 Å². The average molecular weight is 430 g/mol. The molecule has 5 nitrogen and oxygen atoms in total. The highest BCUT2D eigenvalue weighted by molar-refractivity contribution is 5.90. The number of H-pyrrole nitrogens is 2. The Labute approximate surface area is 188 Å². The van der Waals surface area contributed by atoms with Crippen molar-refractivity contribution in [2.45, 2.75) is 50.9 Å². The number of Topliss-reactive ketones (excluding diaryl/α,β-unsaturated/α-hetero) is 1. The van der Waals surface area contributed by atoms with Gasteiger partial charge in [-0.05, 0) is 36.1 Å². The van der Waals surface area contributed by atoms with Crippen molar-refractivity contribution in [2.24, 2.45) is 0 Å². The second kappa shape index (κ2) is 10.3. The Morgan fingerprint density at radius 2 is 1.31 bits per heavy atom. The van der Waals surface area contributed by atoms with E-state index in [0.717, 1.165) is 36.7 Å². The lowest BCUT2D eigenvalue weighted by Crippen LogP contribution is -2.16. The van der Waals surface area contributed by atoms with Gasteiger partial charge in [0.05, 0.1) is 0 Å². The fourth-order valence-corrected chi connectivity index (χ4v) is 4.57. The smallest absolute Gasteiger partial charge is 0.219 e. The van der Waals surface area contributed by atoms with Crippen LogP contribution in [0.2, 0.25) is 0 Å². The largest absolute Gasteiger partial charge is 0.361 e. The molecule has 2 aromatic carbocycles. The minimum absolute atomic E-state index is 0.00282. The summed E-state index contributed by atoms with van der Waals surface area (Å²) in [6.45, 7) is 0. The first-order valence-electron chi connectivity index (χ1n) is 11.5. The van der Waals surface area contributed by atoms with Crippen molar-refractivity contribution >= 4 is 33.5 Å². The lowest BCUT2D eigenvalue weighted by Gasteiger charge is -2.16. The minimum atomic E-state index is 0.00282. The molecular formula is C27H31N3O2. The predicted molar refractivity (Wildman–Crippen MR) is 130 cm³/mol. The molecule has 0 aliphatic carbocycles. The van der Waals surface area contributed by atoms with Gasteiger partial charge in [-0.3, -0.25) is 9.59 Å². The Morgan fingerprint density at radius 3 is 1.88 bits per heavy atom. The highest BCUT2D eigenvalue weighted by atomic mass is 16.1. The van der Waals surface area contributed by atoms with Crippen LogP contribution >= 0.6 is 0 Å². The maximum Gasteiger partial charge on any atom is 0.219 e. The van der Waals surface area contributed by atoms with Crippen LogP contribution in [-0.4, -0.2) is 28.7 Å². The first-order valence-corrected chi connectivity index (χ1v) is 11.5. The molecule has 0 fully saturated rings. The van der Waals surface area contributed by atoms with Gasteiger partial charge in [-0.1, -0.05) is 49.2 Å². The van der Waals surface area contributed by atoms with Gasteiger partial charge in [-0.15, -0.1) is 0 Å². The number of aromatic nitrogens is 2. The van der Waals surface area contributed by atoms with Crippen LogP contribution in [0.3, 0.4) is 0 Å². The molecular weight excluding hydrogens is 398 g/mol. The lowest BCUT2D eigenvalue weighted by molar-refractivity contribution is -0.121. The van der Waals surface area contributed by atoms with Crippen molar-refractivity contribution in [2.75, 3.05) is 7.05 Å². The Balaban J connectivity index is 1.48. The highest BCUT2D eigenvalue weighted by Gasteiger charge is 2.23. The van der Waals surface area contributed by atoms with E-state index in [1.807, 2.05) is 24.3 Å². The molecule has 0 atom stereocenters. The second-order valence-corrected chi connectivity index (χ2v) is 8.46. The van der Waals surface area contributed by atoms with Crippen LogP contribution in [0.15, 0.2) is 60.9 Å². The molecule has 3 N–H and O–H groups in total. The molecule has 1 amide bonds. The highest BCUT2D eigenvalue weighted by Crippen LogP contribution is 2.37. The van der Waals surface area contributed by atoms with Crippen LogP contribution in [0.25, 0.3) is 21.8 Å². The average Bonchev–Trinajstić information content (AvgIpc) is 3.44. The first kappa shape index (κ1) is 21.9. The van der Waals surface area contributed by atoms with Gasteiger partial charge in [-0.25, -0.2) is 0 Å². The van der Waals surface area contributed by atoms with E-state index in [2.05, 4.69) is 51.9 Å². The number of ketones is 1. The number of unbranched alkanes of at least 4 members (excludes halogenated alkanes) is 3. The number of hydrogen-bond donors (Lipinski definition) is 3. The third-order valence-corrected chi connectivity index (χ3v) is 6.31. The van der Waals surface area contributed by atoms with E-state index in [4.69, 9.17) is 0 Å². The van der Waals surface area contributed by atoms with Crippen LogP contribution < -0.4 is 5.32 Å². The fraction of sp³-hybridized carbons (Fsp3) is 0.333. The van der Waals surface area contributed by atoms with Gasteiger partial charge in [0.15, 0.2) is 0 Å². The van der Waals surface area contributed by atoms with Crippen molar-refractivity contribution < 1.29 is 9.59 Å². The Morgan fingerprint density at radius 1 is 0.781 bits per heavy atom. The molecule has 0 aliphatic rings. The maximum absolute atomic E-state index is 13.0. The number of benzene rings is 2. The zero-order valence-electron chi connectivity index (χ0n) is 18.6. The maximum atomic E-state index is 13.0. The second-order valence-electron chi connectivity index (χ2n) is 8.46. The van der Waals surface area contributed by atoms with E-state index in [-0.39, 0.29) is 17.6 Å². The molecule has 0 aliphatic heterocycles. The van der Waals surface area contributed by atoms with Gasteiger partial charge in [0, 0.05) is 66.4 Å². The minimum Gasteiger partial charge on any atom is -0.361 e. The number of para-hydroxylation sites is 2. The molecule has 5 heteroatoms. The summed E-state index contributed by atoms with van der Waals surface area (Å²) in [5.41, 5.74) is 4.53. The topological polar surface area (TPSA) is 77.8 Å². The molecule has 32 heavy (non-hydrogen) atoms. The summed E-state index contributed by atoms with van der Waals surface area (Å²) in [5.74, 6) is 0.376. The van der Waals surface area contributed by atoms with Crippen LogP contribution in [-0.2, 0) is 9.59 Å². The van der Waals surface area contributed by atoms with E-state index in [9.17, 15) is 9.59 Å². The molecule has 2 heterocycles. The number of fused-ring (bicyclic) bond motifs is 2. The number of aromatic amines is 2. The molecule has 0 bridgehead atoms. The number of amides is 1. The van der Waals surface area contributed by atoms with Gasteiger partial charge < -0.3 is 15.3 Å². The monoisotopic (exact) mass is 429 g/mol. The van der Waals surface area contributed by atoms with E-state index in [1.54, 1.807) is 7.05 Å². The fourth-order valence-electron chi connectivity index (χ4n) is 4.57. The standard InChI is InChI=1S/C27H31N3O2/c1-28-27(32)15-5-3-2-4-10-19(31)16-22(23-17-29-25-13-8-6-11-20(23)25)24-18-30-26-14-9-7-12-21(24)26/h6-9,11-14,17-18,22,29-30H,2-5,10,15-16H2,1H3,(H,28,32). The zero-order valence-corrected chi connectivity index (χ0v) is 18.6. The Bertz CT molecular complexity index is 1130. The third kappa shape index (κ3) is 4.93. The molecule has 0 spiro atoms. The quantitative estimate of drug-likeness (QED) is 0.262. The summed E-state index contributed by atoms with van der Waals surface area (Å²) in [6, 6.07) is 16.5. The molecule has 0 radical (unpaired) electrons. The van der Waals surface area contributed by atoms with Gasteiger partial charge in [0.2, 0.25) is 5.91 Å². The summed E-state index contributed by atoms with van der Waals surface area (Å²) >= 11 is 0. The third-order valence-electron chi connectivity index (χ3n) is 6.31. The summed E-state index contributed by atoms with van der Waals surface area (Å²) in [6.07, 6.45) is 9.47. The van der Waals surface area contributed by atoms with Crippen LogP contribution in [0.4, 0.5) is 0 Å². The number of carbonyl (C=O) groups is 2. The van der Waals surface area contributed by atoms with Crippen molar-refractivity contribution in [3.8, 4) is 0 Å². The van der Waals surface area contributed by atoms with Gasteiger partial charge in [-0.2, -0.15) is 0 Å². The normalized spacial score (nSPS) is 11.4. The summed E-state index contributed by atoms with van der Waals surface area (Å²) in [5, 5.41) is 4.99. The number of rotatable bonds is 11. The van der Waals surface area contributed by atoms with Crippen molar-refractivity contribution in [3.63, 3.8) is 0 Å². The molecule has 4 aromatic rings. The summed E-state index contributed by atoms with van der Waals surface area (Å²) in [4.78, 5) is 31.1. The van der Waals surface area contributed by atoms with Crippen molar-refractivity contribution in [1.29, 1.82) is 0 Å². The molecule has 166 valence electrons. The van der Waals surface area contributed by atoms with Crippen LogP contribution in [0, 0.1) is 0 Å². The molecule has 2 aromatic heterocycles. The number of hydrogen-bond acceptors (Lipinski definition) is 2. The SMILES string of the molecule is CNC(=O)CCCCCCC(=O)CC(c1c[nH]c2ccccc12)c1c[nH]c2ccccc12. The Hall–Kier alpha value is -3.34. The predicted octanol–water partition coefficient (Wildman–Crippen LogP) is 5.83. The van der Waals surface area contributed by atoms with Gasteiger partial charge >= 0.3 is 0 Å². The number of nitrogens with one attached hydrogen (secondary N) is 3. The molecule has 0 unspecified atom stereocenters. The zero-order chi connectivity index (χ0) is 22.3. The van der Waals surface area contributed by atoms with Crippen molar-refractivity contribution in [1.82, 2.24) is 15.3 Å². The van der Waals surface area contributed by atoms with E-state index < -0.39 is 0 Å². The number of carbonyl (C=O) groups excluding carboxylic acids is 2. The van der Waals surface area contributed by atoms with E-state index in [0.29, 0.717) is 19.3 Å². The van der Waals surface area contributed by atoms with Crippen LogP contribution in [0.5, 0.6) is 0 Å². The first-order chi connectivity index (χ1) is 15.7.